The minimum atomic E-state index is -0.222. The second-order valence-electron chi connectivity index (χ2n) is 7.31. The van der Waals surface area contributed by atoms with Crippen molar-refractivity contribution in [1.82, 2.24) is 10.3 Å². The average molecular weight is 457 g/mol. The highest BCUT2D eigenvalue weighted by molar-refractivity contribution is 6.36. The van der Waals surface area contributed by atoms with Crippen molar-refractivity contribution in [2.24, 2.45) is 0 Å². The fraction of sp³-hybridized carbons (Fsp3) is 0.250. The van der Waals surface area contributed by atoms with Gasteiger partial charge < -0.3 is 16.0 Å². The maximum absolute atomic E-state index is 12.1. The van der Waals surface area contributed by atoms with Crippen molar-refractivity contribution < 1.29 is 4.79 Å². The molecule has 5 nitrogen and oxygen atoms in total. The molecule has 3 aromatic rings. The topological polar surface area (TPSA) is 66.0 Å². The molecule has 0 saturated carbocycles. The van der Waals surface area contributed by atoms with Crippen LogP contribution in [0.1, 0.15) is 30.5 Å². The van der Waals surface area contributed by atoms with Crippen molar-refractivity contribution >= 4 is 40.6 Å². The van der Waals surface area contributed by atoms with Gasteiger partial charge in [-0.2, -0.15) is 0 Å². The van der Waals surface area contributed by atoms with Crippen molar-refractivity contribution in [3.05, 3.63) is 88.2 Å². The van der Waals surface area contributed by atoms with Crippen LogP contribution in [-0.2, 0) is 6.42 Å². The first-order valence-electron chi connectivity index (χ1n) is 10.2. The largest absolute Gasteiger partial charge is 0.384 e. The number of carbonyl (C=O) groups is 1. The molecule has 162 valence electrons. The molecule has 31 heavy (non-hydrogen) atoms. The summed E-state index contributed by atoms with van der Waals surface area (Å²) in [5.74, 6) is 0.361. The fourth-order valence-corrected chi connectivity index (χ4v) is 3.62. The molecule has 0 aliphatic heterocycles. The maximum atomic E-state index is 12.1. The Hall–Kier alpha value is -2.76. The summed E-state index contributed by atoms with van der Waals surface area (Å²) in [6.45, 7) is 3.50. The van der Waals surface area contributed by atoms with Gasteiger partial charge in [-0.25, -0.2) is 4.79 Å². The Balaban J connectivity index is 1.40. The van der Waals surface area contributed by atoms with Crippen LogP contribution in [0.5, 0.6) is 0 Å². The first-order chi connectivity index (χ1) is 15.0. The van der Waals surface area contributed by atoms with Gasteiger partial charge in [0.1, 0.15) is 0 Å². The zero-order valence-electron chi connectivity index (χ0n) is 17.4. The Morgan fingerprint density at radius 1 is 1.03 bits per heavy atom. The van der Waals surface area contributed by atoms with Crippen molar-refractivity contribution in [2.45, 2.75) is 25.7 Å². The van der Waals surface area contributed by atoms with Crippen LogP contribution in [0.25, 0.3) is 0 Å². The van der Waals surface area contributed by atoms with E-state index in [9.17, 15) is 4.79 Å². The van der Waals surface area contributed by atoms with Crippen molar-refractivity contribution in [1.29, 1.82) is 0 Å². The number of hydrogen-bond donors (Lipinski definition) is 3. The number of pyridine rings is 1. The number of nitrogens with one attached hydrogen (secondary N) is 3. The van der Waals surface area contributed by atoms with Crippen LogP contribution in [0, 0.1) is 0 Å². The van der Waals surface area contributed by atoms with Crippen LogP contribution in [0.4, 0.5) is 16.2 Å². The number of anilines is 2. The third-order valence-corrected chi connectivity index (χ3v) is 5.50. The lowest BCUT2D eigenvalue weighted by Crippen LogP contribution is -2.30. The molecule has 0 aliphatic carbocycles. The molecule has 0 bridgehead atoms. The van der Waals surface area contributed by atoms with E-state index in [-0.39, 0.29) is 6.03 Å². The number of carbonyl (C=O) groups excluding carboxylic acids is 1. The van der Waals surface area contributed by atoms with Crippen LogP contribution in [0.2, 0.25) is 10.0 Å². The molecule has 0 fully saturated rings. The number of benzene rings is 2. The highest BCUT2D eigenvalue weighted by Gasteiger charge is 2.08. The Morgan fingerprint density at radius 3 is 2.55 bits per heavy atom. The summed E-state index contributed by atoms with van der Waals surface area (Å²) in [4.78, 5) is 16.3. The SMILES string of the molecule is CC(CCNc1ccc(Cl)cc1Cl)c1ccc(NC(=O)NCCc2ccccn2)cc1. The molecule has 0 spiro atoms. The van der Waals surface area contributed by atoms with Crippen molar-refractivity contribution in [3.63, 3.8) is 0 Å². The molecule has 2 aromatic carbocycles. The minimum absolute atomic E-state index is 0.222. The normalized spacial score (nSPS) is 11.6. The first kappa shape index (κ1) is 22.9. The first-order valence-corrected chi connectivity index (χ1v) is 11.0. The number of amides is 2. The summed E-state index contributed by atoms with van der Waals surface area (Å²) >= 11 is 12.1. The predicted molar refractivity (Wildman–Crippen MR) is 129 cm³/mol. The molecule has 0 radical (unpaired) electrons. The Kier molecular flexibility index (Phi) is 8.56. The smallest absolute Gasteiger partial charge is 0.319 e. The van der Waals surface area contributed by atoms with E-state index in [1.165, 1.54) is 5.56 Å². The van der Waals surface area contributed by atoms with E-state index in [2.05, 4.69) is 27.9 Å². The number of urea groups is 1. The van der Waals surface area contributed by atoms with Gasteiger partial charge >= 0.3 is 6.03 Å². The maximum Gasteiger partial charge on any atom is 0.319 e. The predicted octanol–water partition coefficient (Wildman–Crippen LogP) is 6.36. The van der Waals surface area contributed by atoms with E-state index in [1.807, 2.05) is 54.6 Å². The average Bonchev–Trinajstić information content (AvgIpc) is 2.76. The number of hydrogen-bond acceptors (Lipinski definition) is 3. The molecule has 0 aliphatic rings. The summed E-state index contributed by atoms with van der Waals surface area (Å²) in [7, 11) is 0. The Bertz CT molecular complexity index is 981. The van der Waals surface area contributed by atoms with Crippen LogP contribution in [0.3, 0.4) is 0 Å². The summed E-state index contributed by atoms with van der Waals surface area (Å²) in [6, 6.07) is 18.9. The number of aromatic nitrogens is 1. The third kappa shape index (κ3) is 7.46. The van der Waals surface area contributed by atoms with Gasteiger partial charge in [0, 0.05) is 42.1 Å². The molecular weight excluding hydrogens is 431 g/mol. The van der Waals surface area contributed by atoms with E-state index < -0.39 is 0 Å². The van der Waals surface area contributed by atoms with Gasteiger partial charge in [0.25, 0.3) is 0 Å². The molecule has 7 heteroatoms. The quantitative estimate of drug-likeness (QED) is 0.350. The lowest BCUT2D eigenvalue weighted by Gasteiger charge is -2.15. The van der Waals surface area contributed by atoms with E-state index in [1.54, 1.807) is 12.3 Å². The van der Waals surface area contributed by atoms with Gasteiger partial charge in [0.05, 0.1) is 10.7 Å². The number of halogens is 2. The van der Waals surface area contributed by atoms with E-state index in [4.69, 9.17) is 23.2 Å². The summed E-state index contributed by atoms with van der Waals surface area (Å²) in [5.41, 5.74) is 3.81. The van der Waals surface area contributed by atoms with Gasteiger partial charge in [0.2, 0.25) is 0 Å². The van der Waals surface area contributed by atoms with Crippen LogP contribution < -0.4 is 16.0 Å². The number of rotatable bonds is 9. The molecule has 0 saturated heterocycles. The Labute approximate surface area is 193 Å². The van der Waals surface area contributed by atoms with Gasteiger partial charge in [0.15, 0.2) is 0 Å². The van der Waals surface area contributed by atoms with E-state index in [0.717, 1.165) is 30.0 Å². The fourth-order valence-electron chi connectivity index (χ4n) is 3.14. The molecule has 1 aromatic heterocycles. The van der Waals surface area contributed by atoms with Gasteiger partial charge in [-0.05, 0) is 60.4 Å². The standard InChI is InChI=1S/C24H26Cl2N4O/c1-17(11-14-28-23-10-7-19(25)16-22(23)26)18-5-8-21(9-6-18)30-24(31)29-15-12-20-4-2-3-13-27-20/h2-10,13,16-17,28H,11-12,14-15H2,1H3,(H2,29,30,31). The summed E-state index contributed by atoms with van der Waals surface area (Å²) in [5, 5.41) is 10.3. The van der Waals surface area contributed by atoms with Crippen LogP contribution >= 0.6 is 23.2 Å². The summed E-state index contributed by atoms with van der Waals surface area (Å²) in [6.07, 6.45) is 3.39. The molecule has 1 heterocycles. The lowest BCUT2D eigenvalue weighted by molar-refractivity contribution is 0.252. The second-order valence-corrected chi connectivity index (χ2v) is 8.16. The minimum Gasteiger partial charge on any atom is -0.384 e. The molecule has 1 atom stereocenters. The zero-order valence-corrected chi connectivity index (χ0v) is 18.9. The molecule has 3 N–H and O–H groups in total. The second kappa shape index (κ2) is 11.6. The van der Waals surface area contributed by atoms with E-state index >= 15 is 0 Å². The third-order valence-electron chi connectivity index (χ3n) is 4.95. The number of nitrogens with zero attached hydrogens (tertiary/aromatic N) is 1. The van der Waals surface area contributed by atoms with E-state index in [0.29, 0.717) is 28.9 Å². The monoisotopic (exact) mass is 456 g/mol. The molecule has 3 rings (SSSR count). The molecule has 1 unspecified atom stereocenters. The van der Waals surface area contributed by atoms with Crippen molar-refractivity contribution in [2.75, 3.05) is 23.7 Å². The lowest BCUT2D eigenvalue weighted by atomic mass is 9.97. The van der Waals surface area contributed by atoms with Crippen LogP contribution in [-0.4, -0.2) is 24.1 Å². The van der Waals surface area contributed by atoms with Crippen molar-refractivity contribution in [3.8, 4) is 0 Å². The Morgan fingerprint density at radius 2 is 1.84 bits per heavy atom. The zero-order chi connectivity index (χ0) is 22.1. The van der Waals surface area contributed by atoms with Gasteiger partial charge in [-0.15, -0.1) is 0 Å². The van der Waals surface area contributed by atoms with Gasteiger partial charge in [-0.1, -0.05) is 48.3 Å². The highest BCUT2D eigenvalue weighted by atomic mass is 35.5. The molecule has 2 amide bonds. The van der Waals surface area contributed by atoms with Crippen LogP contribution in [0.15, 0.2) is 66.9 Å². The van der Waals surface area contributed by atoms with Gasteiger partial charge in [-0.3, -0.25) is 4.98 Å². The molecular formula is C24H26Cl2N4O. The highest BCUT2D eigenvalue weighted by Crippen LogP contribution is 2.26. The summed E-state index contributed by atoms with van der Waals surface area (Å²) < 4.78 is 0.